The Kier molecular flexibility index (Phi) is 5.53. The van der Waals surface area contributed by atoms with Crippen molar-refractivity contribution in [1.29, 1.82) is 0 Å². The smallest absolute Gasteiger partial charge is 0.135 e. The third kappa shape index (κ3) is 4.25. The minimum atomic E-state index is -0.760. The van der Waals surface area contributed by atoms with Gasteiger partial charge < -0.3 is 11.1 Å². The van der Waals surface area contributed by atoms with Crippen molar-refractivity contribution in [1.82, 2.24) is 9.97 Å². The van der Waals surface area contributed by atoms with Crippen LogP contribution in [0.15, 0.2) is 6.33 Å². The van der Waals surface area contributed by atoms with E-state index in [0.717, 1.165) is 17.8 Å². The first-order chi connectivity index (χ1) is 8.41. The Balaban J connectivity index is 2.77. The van der Waals surface area contributed by atoms with E-state index in [-0.39, 0.29) is 12.0 Å². The number of nitrogens with two attached hydrogens (primary N) is 1. The van der Waals surface area contributed by atoms with E-state index in [9.17, 15) is 4.21 Å². The van der Waals surface area contributed by atoms with Crippen molar-refractivity contribution in [2.75, 3.05) is 23.1 Å². The number of nitrogens with one attached hydrogen (secondary N) is 1. The molecule has 0 saturated heterocycles. The molecule has 1 aromatic rings. The average Bonchev–Trinajstić information content (AvgIpc) is 2.26. The summed E-state index contributed by atoms with van der Waals surface area (Å²) in [4.78, 5) is 8.27. The normalized spacial score (nSPS) is 14.5. The van der Waals surface area contributed by atoms with E-state index >= 15 is 0 Å². The molecule has 0 aliphatic carbocycles. The molecule has 2 unspecified atom stereocenters. The van der Waals surface area contributed by atoms with E-state index in [1.54, 1.807) is 6.26 Å². The summed E-state index contributed by atoms with van der Waals surface area (Å²) in [5, 5.41) is 3.32. The molecule has 1 aromatic heterocycles. The summed E-state index contributed by atoms with van der Waals surface area (Å²) in [6, 6.07) is 0.209. The first-order valence-corrected chi connectivity index (χ1v) is 7.81. The molecule has 1 rings (SSSR count). The largest absolute Gasteiger partial charge is 0.383 e. The van der Waals surface area contributed by atoms with Gasteiger partial charge in [-0.3, -0.25) is 4.21 Å². The number of anilines is 2. The molecule has 0 aliphatic rings. The second-order valence-electron chi connectivity index (χ2n) is 4.79. The fourth-order valence-electron chi connectivity index (χ4n) is 1.74. The Hall–Kier alpha value is -1.17. The van der Waals surface area contributed by atoms with Crippen molar-refractivity contribution < 1.29 is 4.21 Å². The summed E-state index contributed by atoms with van der Waals surface area (Å²) in [5.74, 6) is 2.26. The number of rotatable bonds is 6. The number of nitrogen functional groups attached to an aromatic ring is 1. The quantitative estimate of drug-likeness (QED) is 0.823. The molecule has 3 N–H and O–H groups in total. The molecular formula is C12H22N4OS. The maximum absolute atomic E-state index is 11.1. The number of hydrogen-bond acceptors (Lipinski definition) is 5. The van der Waals surface area contributed by atoms with Crippen molar-refractivity contribution in [3.8, 4) is 0 Å². The van der Waals surface area contributed by atoms with E-state index in [1.807, 2.05) is 0 Å². The van der Waals surface area contributed by atoms with Crippen molar-refractivity contribution in [2.24, 2.45) is 0 Å². The van der Waals surface area contributed by atoms with Gasteiger partial charge in [0.25, 0.3) is 0 Å². The zero-order valence-corrected chi connectivity index (χ0v) is 12.3. The highest BCUT2D eigenvalue weighted by Gasteiger charge is 2.14. The van der Waals surface area contributed by atoms with Gasteiger partial charge in [0.2, 0.25) is 0 Å². The van der Waals surface area contributed by atoms with Gasteiger partial charge in [-0.15, -0.1) is 0 Å². The van der Waals surface area contributed by atoms with E-state index in [2.05, 4.69) is 36.1 Å². The summed E-state index contributed by atoms with van der Waals surface area (Å²) < 4.78 is 11.1. The van der Waals surface area contributed by atoms with Gasteiger partial charge in [-0.1, -0.05) is 13.8 Å². The predicted molar refractivity (Wildman–Crippen MR) is 77.2 cm³/mol. The Morgan fingerprint density at radius 3 is 2.61 bits per heavy atom. The standard InChI is InChI=1S/C12H22N4OS/c1-8(2)10-11(13)14-7-15-12(10)16-9(3)5-6-18(4)17/h7-9H,5-6H2,1-4H3,(H3,13,14,15,16). The second-order valence-corrected chi connectivity index (χ2v) is 6.34. The van der Waals surface area contributed by atoms with Crippen LogP contribution in [0.5, 0.6) is 0 Å². The molecule has 1 heterocycles. The lowest BCUT2D eigenvalue weighted by Crippen LogP contribution is -2.20. The molecule has 5 nitrogen and oxygen atoms in total. The predicted octanol–water partition coefficient (Wildman–Crippen LogP) is 1.75. The molecule has 0 aromatic carbocycles. The van der Waals surface area contributed by atoms with Gasteiger partial charge in [-0.2, -0.15) is 0 Å². The van der Waals surface area contributed by atoms with E-state index in [0.29, 0.717) is 11.6 Å². The first-order valence-electron chi connectivity index (χ1n) is 6.08. The monoisotopic (exact) mass is 270 g/mol. The third-order valence-corrected chi connectivity index (χ3v) is 3.52. The zero-order chi connectivity index (χ0) is 13.7. The average molecular weight is 270 g/mol. The Morgan fingerprint density at radius 2 is 2.06 bits per heavy atom. The fourth-order valence-corrected chi connectivity index (χ4v) is 2.43. The van der Waals surface area contributed by atoms with Gasteiger partial charge >= 0.3 is 0 Å². The molecule has 102 valence electrons. The molecule has 2 atom stereocenters. The minimum Gasteiger partial charge on any atom is -0.383 e. The number of hydrogen-bond donors (Lipinski definition) is 2. The van der Waals surface area contributed by atoms with Crippen LogP contribution in [0.1, 0.15) is 38.7 Å². The highest BCUT2D eigenvalue weighted by molar-refractivity contribution is 7.84. The van der Waals surface area contributed by atoms with E-state index in [1.165, 1.54) is 6.33 Å². The first kappa shape index (κ1) is 14.9. The van der Waals surface area contributed by atoms with Crippen molar-refractivity contribution in [3.05, 3.63) is 11.9 Å². The van der Waals surface area contributed by atoms with E-state index in [4.69, 9.17) is 5.73 Å². The minimum absolute atomic E-state index is 0.209. The molecule has 0 saturated carbocycles. The number of nitrogens with zero attached hydrogens (tertiary/aromatic N) is 2. The Morgan fingerprint density at radius 1 is 1.39 bits per heavy atom. The molecular weight excluding hydrogens is 248 g/mol. The van der Waals surface area contributed by atoms with Gasteiger partial charge in [0.15, 0.2) is 0 Å². The maximum Gasteiger partial charge on any atom is 0.135 e. The maximum atomic E-state index is 11.1. The Labute approximate surface area is 111 Å². The van der Waals surface area contributed by atoms with Gasteiger partial charge in [-0.05, 0) is 19.3 Å². The van der Waals surface area contributed by atoms with E-state index < -0.39 is 10.8 Å². The van der Waals surface area contributed by atoms with Crippen LogP contribution in [0.3, 0.4) is 0 Å². The summed E-state index contributed by atoms with van der Waals surface area (Å²) >= 11 is 0. The second kappa shape index (κ2) is 6.68. The van der Waals surface area contributed by atoms with Crippen molar-refractivity contribution in [2.45, 2.75) is 39.2 Å². The molecule has 0 amide bonds. The molecule has 0 radical (unpaired) electrons. The summed E-state index contributed by atoms with van der Waals surface area (Å²) in [7, 11) is -0.760. The fraction of sp³-hybridized carbons (Fsp3) is 0.667. The van der Waals surface area contributed by atoms with Gasteiger partial charge in [-0.25, -0.2) is 9.97 Å². The highest BCUT2D eigenvalue weighted by Crippen LogP contribution is 2.26. The SMILES string of the molecule is CC(CCS(C)=O)Nc1ncnc(N)c1C(C)C. The van der Waals surface area contributed by atoms with Crippen LogP contribution in [0, 0.1) is 0 Å². The van der Waals surface area contributed by atoms with Crippen LogP contribution in [0.4, 0.5) is 11.6 Å². The van der Waals surface area contributed by atoms with Crippen LogP contribution in [-0.4, -0.2) is 32.2 Å². The molecule has 0 spiro atoms. The molecule has 6 heteroatoms. The summed E-state index contributed by atoms with van der Waals surface area (Å²) in [6.07, 6.45) is 4.02. The summed E-state index contributed by atoms with van der Waals surface area (Å²) in [5.41, 5.74) is 6.83. The molecule has 0 bridgehead atoms. The van der Waals surface area contributed by atoms with Gasteiger partial charge in [0, 0.05) is 34.4 Å². The van der Waals surface area contributed by atoms with Crippen molar-refractivity contribution >= 4 is 22.4 Å². The lowest BCUT2D eigenvalue weighted by Gasteiger charge is -2.19. The third-order valence-electron chi connectivity index (χ3n) is 2.71. The molecule has 0 aliphatic heterocycles. The van der Waals surface area contributed by atoms with Crippen molar-refractivity contribution in [3.63, 3.8) is 0 Å². The Bertz CT molecular complexity index is 423. The lowest BCUT2D eigenvalue weighted by molar-refractivity contribution is 0.677. The van der Waals surface area contributed by atoms with Crippen LogP contribution in [-0.2, 0) is 10.8 Å². The van der Waals surface area contributed by atoms with Gasteiger partial charge in [0.1, 0.15) is 18.0 Å². The van der Waals surface area contributed by atoms with Gasteiger partial charge in [0.05, 0.1) is 0 Å². The van der Waals surface area contributed by atoms with Crippen LogP contribution in [0.2, 0.25) is 0 Å². The topological polar surface area (TPSA) is 80.9 Å². The molecule has 0 fully saturated rings. The number of aromatic nitrogens is 2. The lowest BCUT2D eigenvalue weighted by atomic mass is 10.0. The van der Waals surface area contributed by atoms with Crippen LogP contribution >= 0.6 is 0 Å². The highest BCUT2D eigenvalue weighted by atomic mass is 32.2. The zero-order valence-electron chi connectivity index (χ0n) is 11.4. The summed E-state index contributed by atoms with van der Waals surface area (Å²) in [6.45, 7) is 6.17. The molecule has 18 heavy (non-hydrogen) atoms. The van der Waals surface area contributed by atoms with Crippen LogP contribution < -0.4 is 11.1 Å². The van der Waals surface area contributed by atoms with Crippen LogP contribution in [0.25, 0.3) is 0 Å².